The maximum atomic E-state index is 12.9. The molecule has 1 saturated carbocycles. The topological polar surface area (TPSA) is 131 Å². The average Bonchev–Trinajstić information content (AvgIpc) is 3.65. The van der Waals surface area contributed by atoms with Gasteiger partial charge in [0.25, 0.3) is 0 Å². The van der Waals surface area contributed by atoms with Crippen molar-refractivity contribution in [2.45, 2.75) is 25.3 Å². The van der Waals surface area contributed by atoms with Gasteiger partial charge in [0.2, 0.25) is 23.7 Å². The van der Waals surface area contributed by atoms with Crippen LogP contribution in [0.1, 0.15) is 19.3 Å². The number of hydrogen-bond donors (Lipinski definition) is 2. The summed E-state index contributed by atoms with van der Waals surface area (Å²) in [4.78, 5) is 39.6. The number of halogens is 1. The largest absolute Gasteiger partial charge is 0.445 e. The van der Waals surface area contributed by atoms with Crippen molar-refractivity contribution in [1.29, 1.82) is 0 Å². The van der Waals surface area contributed by atoms with E-state index in [1.54, 1.807) is 28.2 Å². The van der Waals surface area contributed by atoms with Crippen molar-refractivity contribution in [1.82, 2.24) is 34.9 Å². The first-order valence-electron chi connectivity index (χ1n) is 11.8. The van der Waals surface area contributed by atoms with Gasteiger partial charge in [0.15, 0.2) is 5.65 Å². The Balaban J connectivity index is 1.19. The van der Waals surface area contributed by atoms with E-state index in [9.17, 15) is 9.59 Å². The van der Waals surface area contributed by atoms with Crippen LogP contribution in [0.15, 0.2) is 51.9 Å². The molecule has 6 rings (SSSR count). The van der Waals surface area contributed by atoms with E-state index in [1.807, 2.05) is 24.3 Å². The van der Waals surface area contributed by atoms with Crippen LogP contribution in [0.4, 0.5) is 5.95 Å². The number of piperazine rings is 1. The van der Waals surface area contributed by atoms with Gasteiger partial charge in [-0.1, -0.05) is 0 Å². The maximum Gasteiger partial charge on any atom is 0.239 e. The summed E-state index contributed by atoms with van der Waals surface area (Å²) >= 11 is 3.51. The molecule has 2 N–H and O–H groups in total. The second-order valence-corrected chi connectivity index (χ2v) is 9.73. The molecule has 4 heterocycles. The Kier molecular flexibility index (Phi) is 5.88. The third kappa shape index (κ3) is 4.32. The lowest BCUT2D eigenvalue weighted by molar-refractivity contribution is -0.141. The highest BCUT2D eigenvalue weighted by Crippen LogP contribution is 2.31. The lowest BCUT2D eigenvalue weighted by atomic mass is 10.1. The molecule has 1 saturated heterocycles. The summed E-state index contributed by atoms with van der Waals surface area (Å²) in [5.41, 5.74) is 2.36. The summed E-state index contributed by atoms with van der Waals surface area (Å²) in [6.45, 7) is 1.22. The molecule has 1 aromatic carbocycles. The van der Waals surface area contributed by atoms with E-state index in [4.69, 9.17) is 9.40 Å². The van der Waals surface area contributed by atoms with Gasteiger partial charge in [-0.15, -0.1) is 0 Å². The van der Waals surface area contributed by atoms with Gasteiger partial charge >= 0.3 is 0 Å². The number of carbonyl (C=O) groups is 2. The van der Waals surface area contributed by atoms with Crippen molar-refractivity contribution in [2.24, 2.45) is 5.92 Å². The number of fused-ring (bicyclic) bond motifs is 1. The second kappa shape index (κ2) is 9.34. The Morgan fingerprint density at radius 2 is 2.06 bits per heavy atom. The SMILES string of the molecule is O=C1CN(C(=O)[C@@H]2CC[C@@H](Nc3ncc4c(Br)nn(-c5ccc(-c6ncco6)cc5)c4n3)C2)CCN1. The number of oxazole rings is 1. The van der Waals surface area contributed by atoms with Gasteiger partial charge < -0.3 is 20.0 Å². The predicted octanol–water partition coefficient (Wildman–Crippen LogP) is 2.77. The number of benzene rings is 1. The van der Waals surface area contributed by atoms with Crippen LogP contribution in [-0.4, -0.2) is 67.1 Å². The molecule has 0 unspecified atom stereocenters. The molecule has 36 heavy (non-hydrogen) atoms. The molecule has 3 aromatic heterocycles. The van der Waals surface area contributed by atoms with Crippen molar-refractivity contribution in [3.8, 4) is 17.1 Å². The average molecular weight is 551 g/mol. The quantitative estimate of drug-likeness (QED) is 0.387. The zero-order chi connectivity index (χ0) is 24.6. The normalized spacial score (nSPS) is 20.0. The van der Waals surface area contributed by atoms with Gasteiger partial charge in [-0.25, -0.2) is 14.6 Å². The van der Waals surface area contributed by atoms with Crippen LogP contribution < -0.4 is 10.6 Å². The monoisotopic (exact) mass is 550 g/mol. The molecular weight excluding hydrogens is 528 g/mol. The number of nitrogens with one attached hydrogen (secondary N) is 2. The Labute approximate surface area is 214 Å². The lowest BCUT2D eigenvalue weighted by Crippen LogP contribution is -2.51. The molecule has 2 atom stereocenters. The van der Waals surface area contributed by atoms with E-state index in [0.29, 0.717) is 41.6 Å². The van der Waals surface area contributed by atoms with Crippen molar-refractivity contribution in [3.05, 3.63) is 47.5 Å². The summed E-state index contributed by atoms with van der Waals surface area (Å²) in [7, 11) is 0. The molecular formula is C24H23BrN8O3. The van der Waals surface area contributed by atoms with E-state index in [0.717, 1.165) is 29.5 Å². The summed E-state index contributed by atoms with van der Waals surface area (Å²) in [6, 6.07) is 7.79. The number of aromatic nitrogens is 5. The molecule has 12 heteroatoms. The summed E-state index contributed by atoms with van der Waals surface area (Å²) in [5.74, 6) is 0.903. The first-order chi connectivity index (χ1) is 17.5. The Hall–Kier alpha value is -3.80. The Bertz CT molecular complexity index is 1420. The number of hydrogen-bond acceptors (Lipinski definition) is 8. The van der Waals surface area contributed by atoms with Crippen LogP contribution in [0.3, 0.4) is 0 Å². The number of carbonyl (C=O) groups excluding carboxylic acids is 2. The maximum absolute atomic E-state index is 12.9. The van der Waals surface area contributed by atoms with Crippen molar-refractivity contribution >= 4 is 44.7 Å². The molecule has 184 valence electrons. The number of rotatable bonds is 5. The van der Waals surface area contributed by atoms with Crippen LogP contribution >= 0.6 is 15.9 Å². The number of nitrogens with zero attached hydrogens (tertiary/aromatic N) is 6. The van der Waals surface area contributed by atoms with E-state index < -0.39 is 0 Å². The molecule has 11 nitrogen and oxygen atoms in total. The molecule has 2 fully saturated rings. The minimum atomic E-state index is -0.0982. The van der Waals surface area contributed by atoms with Gasteiger partial charge in [0.05, 0.1) is 23.8 Å². The first-order valence-corrected chi connectivity index (χ1v) is 12.6. The Morgan fingerprint density at radius 3 is 2.83 bits per heavy atom. The van der Waals surface area contributed by atoms with Crippen molar-refractivity contribution < 1.29 is 14.0 Å². The molecule has 2 aliphatic rings. The zero-order valence-electron chi connectivity index (χ0n) is 19.2. The second-order valence-electron chi connectivity index (χ2n) is 8.98. The van der Waals surface area contributed by atoms with Gasteiger partial charge in [-0.3, -0.25) is 9.59 Å². The van der Waals surface area contributed by atoms with Gasteiger partial charge in [0, 0.05) is 36.8 Å². The fourth-order valence-electron chi connectivity index (χ4n) is 4.83. The van der Waals surface area contributed by atoms with Crippen LogP contribution in [0, 0.1) is 5.92 Å². The van der Waals surface area contributed by atoms with Gasteiger partial charge in [-0.05, 0) is 59.5 Å². The summed E-state index contributed by atoms with van der Waals surface area (Å²) < 4.78 is 7.78. The smallest absolute Gasteiger partial charge is 0.239 e. The third-order valence-electron chi connectivity index (χ3n) is 6.64. The fourth-order valence-corrected chi connectivity index (χ4v) is 5.27. The standard InChI is InChI=1S/C24H23BrN8O3/c25-20-18-12-28-24(29-16-4-1-15(11-16)23(35)32-9-7-26-19(34)13-32)30-21(18)33(31-20)17-5-2-14(3-6-17)22-27-8-10-36-22/h2-3,5-6,8,10,12,15-16H,1,4,7,9,11,13H2,(H,26,34)(H,28,29,30)/t15-,16-/m1/s1. The third-order valence-corrected chi connectivity index (χ3v) is 7.22. The lowest BCUT2D eigenvalue weighted by Gasteiger charge is -2.29. The molecule has 4 aromatic rings. The van der Waals surface area contributed by atoms with E-state index in [-0.39, 0.29) is 30.3 Å². The minimum Gasteiger partial charge on any atom is -0.445 e. The summed E-state index contributed by atoms with van der Waals surface area (Å²) in [5, 5.41) is 11.5. The van der Waals surface area contributed by atoms with E-state index in [2.05, 4.69) is 41.6 Å². The minimum absolute atomic E-state index is 0.0562. The zero-order valence-corrected chi connectivity index (χ0v) is 20.8. The van der Waals surface area contributed by atoms with E-state index in [1.165, 1.54) is 0 Å². The molecule has 0 radical (unpaired) electrons. The van der Waals surface area contributed by atoms with Crippen LogP contribution in [0.25, 0.3) is 28.2 Å². The van der Waals surface area contributed by atoms with E-state index >= 15 is 0 Å². The van der Waals surface area contributed by atoms with Gasteiger partial charge in [0.1, 0.15) is 10.9 Å². The molecule has 2 amide bonds. The molecule has 1 aliphatic heterocycles. The number of amides is 2. The van der Waals surface area contributed by atoms with Gasteiger partial charge in [-0.2, -0.15) is 10.1 Å². The summed E-state index contributed by atoms with van der Waals surface area (Å²) in [6.07, 6.45) is 7.19. The predicted molar refractivity (Wildman–Crippen MR) is 134 cm³/mol. The van der Waals surface area contributed by atoms with Crippen LogP contribution in [0.2, 0.25) is 0 Å². The fraction of sp³-hybridized carbons (Fsp3) is 0.333. The number of anilines is 1. The highest BCUT2D eigenvalue weighted by Gasteiger charge is 2.34. The van der Waals surface area contributed by atoms with Crippen LogP contribution in [0.5, 0.6) is 0 Å². The molecule has 0 spiro atoms. The van der Waals surface area contributed by atoms with Crippen molar-refractivity contribution in [2.75, 3.05) is 25.0 Å². The Morgan fingerprint density at radius 1 is 1.19 bits per heavy atom. The first kappa shape index (κ1) is 22.7. The highest BCUT2D eigenvalue weighted by molar-refractivity contribution is 9.10. The molecule has 0 bridgehead atoms. The van der Waals surface area contributed by atoms with Crippen LogP contribution in [-0.2, 0) is 9.59 Å². The van der Waals surface area contributed by atoms with Crippen molar-refractivity contribution in [3.63, 3.8) is 0 Å². The highest BCUT2D eigenvalue weighted by atomic mass is 79.9. The molecule has 1 aliphatic carbocycles.